The van der Waals surface area contributed by atoms with Crippen LogP contribution in [-0.2, 0) is 9.53 Å². The van der Waals surface area contributed by atoms with E-state index in [0.717, 1.165) is 0 Å². The molecule has 0 aliphatic heterocycles. The molecule has 8 heteroatoms. The van der Waals surface area contributed by atoms with Gasteiger partial charge in [0.15, 0.2) is 5.96 Å². The van der Waals surface area contributed by atoms with Crippen LogP contribution in [0.5, 0.6) is 5.75 Å². The molecule has 23 heavy (non-hydrogen) atoms. The van der Waals surface area contributed by atoms with Crippen LogP contribution in [0.3, 0.4) is 0 Å². The number of benzene rings is 1. The van der Waals surface area contributed by atoms with Crippen molar-refractivity contribution in [2.45, 2.75) is 39.3 Å². The highest BCUT2D eigenvalue weighted by Crippen LogP contribution is 2.20. The van der Waals surface area contributed by atoms with Gasteiger partial charge >= 0.3 is 12.1 Å². The number of rotatable bonds is 4. The summed E-state index contributed by atoms with van der Waals surface area (Å²) in [5, 5.41) is 2.40. The maximum Gasteiger partial charge on any atom is 0.408 e. The fraction of sp³-hybridized carbons (Fsp3) is 0.400. The molecule has 8 nitrogen and oxygen atoms in total. The standard InChI is InChI=1S/C15H22N4O4/c1-9(18-14(21)23-15(2,3)4)12(20)22-11-7-5-6-10(8-11)19-13(16)17/h5-9H,1-4H3,(H,18,21)(H4,16,17,19)/t9-/m0/s1. The molecule has 126 valence electrons. The van der Waals surface area contributed by atoms with Crippen molar-refractivity contribution in [3.05, 3.63) is 24.3 Å². The number of hydrogen-bond donors (Lipinski definition) is 3. The summed E-state index contributed by atoms with van der Waals surface area (Å²) in [6.45, 7) is 6.67. The summed E-state index contributed by atoms with van der Waals surface area (Å²) in [6, 6.07) is 5.48. The minimum Gasteiger partial charge on any atom is -0.444 e. The molecule has 0 saturated heterocycles. The zero-order valence-electron chi connectivity index (χ0n) is 13.6. The molecule has 1 amide bonds. The first-order chi connectivity index (χ1) is 10.6. The van der Waals surface area contributed by atoms with Crippen LogP contribution >= 0.6 is 0 Å². The summed E-state index contributed by atoms with van der Waals surface area (Å²) in [6.07, 6.45) is -0.698. The van der Waals surface area contributed by atoms with Gasteiger partial charge in [0.25, 0.3) is 0 Å². The van der Waals surface area contributed by atoms with E-state index in [1.807, 2.05) is 0 Å². The maximum atomic E-state index is 12.0. The van der Waals surface area contributed by atoms with E-state index in [1.54, 1.807) is 39.0 Å². The van der Waals surface area contributed by atoms with Gasteiger partial charge < -0.3 is 26.3 Å². The Bertz CT molecular complexity index is 604. The number of carbonyl (C=O) groups excluding carboxylic acids is 2. The minimum atomic E-state index is -0.878. The van der Waals surface area contributed by atoms with Crippen LogP contribution in [0.15, 0.2) is 29.3 Å². The molecule has 0 unspecified atom stereocenters. The third kappa shape index (κ3) is 7.16. The van der Waals surface area contributed by atoms with E-state index in [2.05, 4.69) is 10.3 Å². The van der Waals surface area contributed by atoms with Gasteiger partial charge in [-0.25, -0.2) is 14.6 Å². The lowest BCUT2D eigenvalue weighted by Gasteiger charge is -2.21. The number of ether oxygens (including phenoxy) is 2. The fourth-order valence-corrected chi connectivity index (χ4v) is 1.51. The topological polar surface area (TPSA) is 129 Å². The molecule has 1 atom stereocenters. The summed E-state index contributed by atoms with van der Waals surface area (Å²) < 4.78 is 10.2. The number of carbonyl (C=O) groups is 2. The second kappa shape index (κ2) is 7.48. The van der Waals surface area contributed by atoms with Crippen molar-refractivity contribution in [3.63, 3.8) is 0 Å². The summed E-state index contributed by atoms with van der Waals surface area (Å²) in [7, 11) is 0. The zero-order valence-corrected chi connectivity index (χ0v) is 13.6. The number of aliphatic imine (C=N–C) groups is 1. The number of amides is 1. The van der Waals surface area contributed by atoms with Crippen LogP contribution in [0.2, 0.25) is 0 Å². The van der Waals surface area contributed by atoms with E-state index >= 15 is 0 Å². The number of esters is 1. The van der Waals surface area contributed by atoms with Crippen molar-refractivity contribution in [3.8, 4) is 5.75 Å². The molecule has 1 rings (SSSR count). The summed E-state index contributed by atoms with van der Waals surface area (Å²) >= 11 is 0. The molecular formula is C15H22N4O4. The van der Waals surface area contributed by atoms with Crippen LogP contribution < -0.4 is 21.5 Å². The highest BCUT2D eigenvalue weighted by atomic mass is 16.6. The summed E-state index contributed by atoms with van der Waals surface area (Å²) in [5.41, 5.74) is 10.4. The van der Waals surface area contributed by atoms with Gasteiger partial charge in [-0.3, -0.25) is 0 Å². The molecule has 0 spiro atoms. The fourth-order valence-electron chi connectivity index (χ4n) is 1.51. The van der Waals surface area contributed by atoms with Crippen molar-refractivity contribution < 1.29 is 19.1 Å². The van der Waals surface area contributed by atoms with Crippen LogP contribution in [0.4, 0.5) is 10.5 Å². The van der Waals surface area contributed by atoms with E-state index < -0.39 is 23.7 Å². The predicted octanol–water partition coefficient (Wildman–Crippen LogP) is 1.41. The highest BCUT2D eigenvalue weighted by Gasteiger charge is 2.22. The van der Waals surface area contributed by atoms with E-state index in [4.69, 9.17) is 20.9 Å². The molecule has 5 N–H and O–H groups in total. The quantitative estimate of drug-likeness (QED) is 0.333. The normalized spacial score (nSPS) is 12.0. The number of nitrogens with one attached hydrogen (secondary N) is 1. The zero-order chi connectivity index (χ0) is 17.6. The molecule has 1 aromatic carbocycles. The van der Waals surface area contributed by atoms with Crippen molar-refractivity contribution in [2.24, 2.45) is 16.5 Å². The lowest BCUT2D eigenvalue weighted by molar-refractivity contribution is -0.136. The number of guanidine groups is 1. The number of alkyl carbamates (subject to hydrolysis) is 1. The first-order valence-corrected chi connectivity index (χ1v) is 6.98. The molecule has 0 radical (unpaired) electrons. The van der Waals surface area contributed by atoms with Crippen molar-refractivity contribution >= 4 is 23.7 Å². The maximum absolute atomic E-state index is 12.0. The van der Waals surface area contributed by atoms with Gasteiger partial charge in [0.05, 0.1) is 5.69 Å². The van der Waals surface area contributed by atoms with Crippen LogP contribution in [0.25, 0.3) is 0 Å². The smallest absolute Gasteiger partial charge is 0.408 e. The molecule has 0 fully saturated rings. The molecule has 0 aromatic heterocycles. The second-order valence-corrected chi connectivity index (χ2v) is 5.82. The first-order valence-electron chi connectivity index (χ1n) is 6.98. The van der Waals surface area contributed by atoms with Gasteiger partial charge in [-0.05, 0) is 39.8 Å². The average molecular weight is 322 g/mol. The number of nitrogens with zero attached hydrogens (tertiary/aromatic N) is 1. The van der Waals surface area contributed by atoms with Crippen molar-refractivity contribution in [2.75, 3.05) is 0 Å². The Balaban J connectivity index is 2.65. The van der Waals surface area contributed by atoms with Crippen molar-refractivity contribution in [1.29, 1.82) is 0 Å². The Morgan fingerprint density at radius 3 is 2.48 bits per heavy atom. The summed E-state index contributed by atoms with van der Waals surface area (Å²) in [4.78, 5) is 27.4. The SMILES string of the molecule is C[C@H](NC(=O)OC(C)(C)C)C(=O)Oc1cccc(N=C(N)N)c1. The molecular weight excluding hydrogens is 300 g/mol. The van der Waals surface area contributed by atoms with E-state index in [-0.39, 0.29) is 11.7 Å². The second-order valence-electron chi connectivity index (χ2n) is 5.82. The van der Waals surface area contributed by atoms with Gasteiger partial charge in [0.2, 0.25) is 0 Å². The third-order valence-electron chi connectivity index (χ3n) is 2.38. The van der Waals surface area contributed by atoms with Crippen molar-refractivity contribution in [1.82, 2.24) is 5.32 Å². The number of hydrogen-bond acceptors (Lipinski definition) is 5. The van der Waals surface area contributed by atoms with Gasteiger partial charge in [0, 0.05) is 6.07 Å². The lowest BCUT2D eigenvalue weighted by Crippen LogP contribution is -2.43. The van der Waals surface area contributed by atoms with Gasteiger partial charge in [-0.15, -0.1) is 0 Å². The van der Waals surface area contributed by atoms with Crippen LogP contribution in [0, 0.1) is 0 Å². The Hall–Kier alpha value is -2.77. The molecule has 0 aliphatic rings. The molecule has 0 bridgehead atoms. The molecule has 0 heterocycles. The molecule has 0 saturated carbocycles. The minimum absolute atomic E-state index is 0.103. The van der Waals surface area contributed by atoms with E-state index in [9.17, 15) is 9.59 Å². The Morgan fingerprint density at radius 1 is 1.26 bits per heavy atom. The largest absolute Gasteiger partial charge is 0.444 e. The van der Waals surface area contributed by atoms with Crippen LogP contribution in [0.1, 0.15) is 27.7 Å². The van der Waals surface area contributed by atoms with Crippen LogP contribution in [-0.4, -0.2) is 29.7 Å². The van der Waals surface area contributed by atoms with Gasteiger partial charge in [-0.2, -0.15) is 0 Å². The first kappa shape index (κ1) is 18.3. The van der Waals surface area contributed by atoms with E-state index in [1.165, 1.54) is 13.0 Å². The lowest BCUT2D eigenvalue weighted by atomic mass is 10.2. The molecule has 1 aromatic rings. The highest BCUT2D eigenvalue weighted by molar-refractivity contribution is 5.83. The predicted molar refractivity (Wildman–Crippen MR) is 86.4 cm³/mol. The monoisotopic (exact) mass is 322 g/mol. The van der Waals surface area contributed by atoms with Gasteiger partial charge in [-0.1, -0.05) is 6.07 Å². The Labute approximate surface area is 134 Å². The van der Waals surface area contributed by atoms with E-state index in [0.29, 0.717) is 5.69 Å². The number of nitrogens with two attached hydrogens (primary N) is 2. The summed E-state index contributed by atoms with van der Waals surface area (Å²) in [5.74, 6) is -0.485. The average Bonchev–Trinajstić information content (AvgIpc) is 2.35. The Morgan fingerprint density at radius 2 is 1.91 bits per heavy atom. The van der Waals surface area contributed by atoms with Gasteiger partial charge in [0.1, 0.15) is 17.4 Å². The Kier molecular flexibility index (Phi) is 5.94. The molecule has 0 aliphatic carbocycles. The third-order valence-corrected chi connectivity index (χ3v) is 2.38.